The van der Waals surface area contributed by atoms with Gasteiger partial charge >= 0.3 is 6.18 Å². The van der Waals surface area contributed by atoms with Crippen molar-refractivity contribution in [2.75, 3.05) is 11.9 Å². The molecule has 0 fully saturated rings. The first-order valence-electron chi connectivity index (χ1n) is 6.47. The van der Waals surface area contributed by atoms with Crippen LogP contribution in [0.2, 0.25) is 0 Å². The van der Waals surface area contributed by atoms with E-state index in [1.165, 1.54) is 6.07 Å². The van der Waals surface area contributed by atoms with E-state index in [9.17, 15) is 13.2 Å². The van der Waals surface area contributed by atoms with Crippen LogP contribution in [0.15, 0.2) is 23.4 Å². The van der Waals surface area contributed by atoms with Crippen molar-refractivity contribution in [3.8, 4) is 0 Å². The lowest BCUT2D eigenvalue weighted by Crippen LogP contribution is -2.33. The van der Waals surface area contributed by atoms with Crippen molar-refractivity contribution in [1.82, 2.24) is 0 Å². The summed E-state index contributed by atoms with van der Waals surface area (Å²) in [6, 6.07) is 3.58. The highest BCUT2D eigenvalue weighted by atomic mass is 19.4. The minimum atomic E-state index is -4.36. The number of aryl methyl sites for hydroxylation is 1. The molecule has 0 bridgehead atoms. The van der Waals surface area contributed by atoms with E-state index >= 15 is 0 Å². The zero-order chi connectivity index (χ0) is 16.3. The molecule has 0 aliphatic rings. The summed E-state index contributed by atoms with van der Waals surface area (Å²) >= 11 is 0. The Morgan fingerprint density at radius 3 is 2.48 bits per heavy atom. The van der Waals surface area contributed by atoms with E-state index in [1.54, 1.807) is 20.8 Å². The lowest BCUT2D eigenvalue weighted by Gasteiger charge is -2.23. The van der Waals surface area contributed by atoms with Gasteiger partial charge in [-0.2, -0.15) is 13.2 Å². The van der Waals surface area contributed by atoms with Crippen LogP contribution in [0.3, 0.4) is 0 Å². The second-order valence-corrected chi connectivity index (χ2v) is 5.57. The van der Waals surface area contributed by atoms with Gasteiger partial charge in [-0.15, -0.1) is 0 Å². The maximum absolute atomic E-state index is 12.7. The van der Waals surface area contributed by atoms with E-state index in [-0.39, 0.29) is 5.84 Å². The zero-order valence-electron chi connectivity index (χ0n) is 12.3. The summed E-state index contributed by atoms with van der Waals surface area (Å²) in [7, 11) is 0. The van der Waals surface area contributed by atoms with Crippen LogP contribution >= 0.6 is 0 Å². The van der Waals surface area contributed by atoms with Gasteiger partial charge in [-0.25, -0.2) is 0 Å². The number of nitrogens with zero attached hydrogens (tertiary/aromatic N) is 1. The maximum atomic E-state index is 12.7. The summed E-state index contributed by atoms with van der Waals surface area (Å²) in [5.74, 6) is 0.0880. The summed E-state index contributed by atoms with van der Waals surface area (Å²) in [5, 5.41) is 14.6. The molecule has 0 aliphatic carbocycles. The average Bonchev–Trinajstić information content (AvgIpc) is 2.38. The molecular formula is C14H20F3N3O. The van der Waals surface area contributed by atoms with Gasteiger partial charge in [0.05, 0.1) is 5.56 Å². The Balaban J connectivity index is 2.76. The smallest absolute Gasteiger partial charge is 0.409 e. The van der Waals surface area contributed by atoms with Gasteiger partial charge in [-0.3, -0.25) is 0 Å². The van der Waals surface area contributed by atoms with Crippen LogP contribution in [0, 0.1) is 12.3 Å². The quantitative estimate of drug-likeness (QED) is 0.337. The number of hydrogen-bond donors (Lipinski definition) is 3. The Labute approximate surface area is 121 Å². The Bertz CT molecular complexity index is 525. The van der Waals surface area contributed by atoms with Gasteiger partial charge in [0.15, 0.2) is 0 Å². The van der Waals surface area contributed by atoms with Gasteiger partial charge in [0.25, 0.3) is 0 Å². The molecule has 7 heteroatoms. The molecule has 21 heavy (non-hydrogen) atoms. The van der Waals surface area contributed by atoms with Crippen LogP contribution < -0.4 is 11.1 Å². The third-order valence-corrected chi connectivity index (χ3v) is 3.43. The summed E-state index contributed by atoms with van der Waals surface area (Å²) in [4.78, 5) is 0. The Kier molecular flexibility index (Phi) is 5.09. The fourth-order valence-electron chi connectivity index (χ4n) is 1.76. The molecule has 1 aromatic carbocycles. The van der Waals surface area contributed by atoms with Crippen LogP contribution in [0.1, 0.15) is 31.4 Å². The summed E-state index contributed by atoms with van der Waals surface area (Å²) in [5.41, 5.74) is 5.49. The van der Waals surface area contributed by atoms with E-state index in [1.807, 2.05) is 0 Å². The molecule has 0 spiro atoms. The molecule has 1 rings (SSSR count). The van der Waals surface area contributed by atoms with Crippen molar-refractivity contribution in [1.29, 1.82) is 0 Å². The van der Waals surface area contributed by atoms with Gasteiger partial charge in [0.1, 0.15) is 5.84 Å². The third-order valence-electron chi connectivity index (χ3n) is 3.43. The Morgan fingerprint density at radius 2 is 1.95 bits per heavy atom. The van der Waals surface area contributed by atoms with Crippen molar-refractivity contribution in [2.24, 2.45) is 16.3 Å². The molecule has 0 saturated carbocycles. The molecule has 0 aromatic heterocycles. The maximum Gasteiger partial charge on any atom is 0.416 e. The standard InChI is InChI=1S/C14H20F3N3O/c1-9-4-5-10(14(15,16)17)8-11(9)19-7-6-13(2,3)12(18)20-21/h4-5,8,19,21H,6-7H2,1-3H3,(H2,18,20). The number of rotatable bonds is 5. The second-order valence-electron chi connectivity index (χ2n) is 5.57. The number of alkyl halides is 3. The highest BCUT2D eigenvalue weighted by molar-refractivity contribution is 5.85. The molecule has 1 aromatic rings. The molecule has 0 heterocycles. The molecule has 118 valence electrons. The minimum absolute atomic E-state index is 0.0880. The zero-order valence-corrected chi connectivity index (χ0v) is 12.3. The number of hydrogen-bond acceptors (Lipinski definition) is 3. The van der Waals surface area contributed by atoms with E-state index in [0.717, 1.165) is 17.7 Å². The fraction of sp³-hybridized carbons (Fsp3) is 0.500. The first-order chi connectivity index (χ1) is 9.58. The van der Waals surface area contributed by atoms with Gasteiger partial charge in [0.2, 0.25) is 0 Å². The lowest BCUT2D eigenvalue weighted by molar-refractivity contribution is -0.137. The minimum Gasteiger partial charge on any atom is -0.409 e. The summed E-state index contributed by atoms with van der Waals surface area (Å²) in [6.07, 6.45) is -3.85. The fourth-order valence-corrected chi connectivity index (χ4v) is 1.76. The van der Waals surface area contributed by atoms with E-state index in [4.69, 9.17) is 10.9 Å². The van der Waals surface area contributed by atoms with Crippen LogP contribution in [0.25, 0.3) is 0 Å². The summed E-state index contributed by atoms with van der Waals surface area (Å²) < 4.78 is 38.0. The SMILES string of the molecule is Cc1ccc(C(F)(F)F)cc1NCCC(C)(C)C(N)=NO. The molecule has 0 aliphatic heterocycles. The van der Waals surface area contributed by atoms with Crippen LogP contribution in [0.5, 0.6) is 0 Å². The first kappa shape index (κ1) is 17.1. The lowest BCUT2D eigenvalue weighted by atomic mass is 9.88. The monoisotopic (exact) mass is 303 g/mol. The van der Waals surface area contributed by atoms with Gasteiger partial charge in [-0.05, 0) is 31.0 Å². The first-order valence-corrected chi connectivity index (χ1v) is 6.47. The third kappa shape index (κ3) is 4.54. The highest BCUT2D eigenvalue weighted by Gasteiger charge is 2.30. The molecule has 0 atom stereocenters. The normalized spacial score (nSPS) is 13.3. The van der Waals surface area contributed by atoms with Crippen molar-refractivity contribution in [3.05, 3.63) is 29.3 Å². The van der Waals surface area contributed by atoms with Crippen LogP contribution in [-0.4, -0.2) is 17.6 Å². The molecule has 0 saturated heterocycles. The van der Waals surface area contributed by atoms with Crippen LogP contribution in [0.4, 0.5) is 18.9 Å². The van der Waals surface area contributed by atoms with Crippen molar-refractivity contribution in [2.45, 2.75) is 33.4 Å². The molecular weight excluding hydrogens is 283 g/mol. The Hall–Kier alpha value is -1.92. The topological polar surface area (TPSA) is 70.6 Å². The second kappa shape index (κ2) is 6.24. The van der Waals surface area contributed by atoms with E-state index < -0.39 is 17.2 Å². The highest BCUT2D eigenvalue weighted by Crippen LogP contribution is 2.32. The molecule has 0 unspecified atom stereocenters. The van der Waals surface area contributed by atoms with Crippen LogP contribution in [-0.2, 0) is 6.18 Å². The molecule has 4 nitrogen and oxygen atoms in total. The molecule has 0 amide bonds. The van der Waals surface area contributed by atoms with E-state index in [2.05, 4.69) is 10.5 Å². The number of nitrogens with one attached hydrogen (secondary N) is 1. The van der Waals surface area contributed by atoms with E-state index in [0.29, 0.717) is 18.7 Å². The molecule has 0 radical (unpaired) electrons. The number of anilines is 1. The number of amidine groups is 1. The molecule has 4 N–H and O–H groups in total. The van der Waals surface area contributed by atoms with Crippen molar-refractivity contribution >= 4 is 11.5 Å². The largest absolute Gasteiger partial charge is 0.416 e. The average molecular weight is 303 g/mol. The van der Waals surface area contributed by atoms with Crippen molar-refractivity contribution in [3.63, 3.8) is 0 Å². The summed E-state index contributed by atoms with van der Waals surface area (Å²) in [6.45, 7) is 5.73. The van der Waals surface area contributed by atoms with Gasteiger partial charge < -0.3 is 16.3 Å². The number of nitrogens with two attached hydrogens (primary N) is 1. The van der Waals surface area contributed by atoms with Gasteiger partial charge in [-0.1, -0.05) is 25.1 Å². The Morgan fingerprint density at radius 1 is 1.33 bits per heavy atom. The predicted octanol–water partition coefficient (Wildman–Crippen LogP) is 3.59. The predicted molar refractivity (Wildman–Crippen MR) is 76.5 cm³/mol. The number of oxime groups is 1. The number of benzene rings is 1. The van der Waals surface area contributed by atoms with Crippen molar-refractivity contribution < 1.29 is 18.4 Å². The number of halogens is 3. The van der Waals surface area contributed by atoms with Gasteiger partial charge in [0, 0.05) is 17.6 Å².